The summed E-state index contributed by atoms with van der Waals surface area (Å²) in [6.07, 6.45) is 4.92. The minimum atomic E-state index is -2.09. The number of nitrogens with zero attached hydrogens (tertiary/aromatic N) is 1. The van der Waals surface area contributed by atoms with Crippen LogP contribution >= 0.6 is 0 Å². The van der Waals surface area contributed by atoms with Crippen LogP contribution in [-0.4, -0.2) is 19.4 Å². The number of nitrogens with one attached hydrogen (secondary N) is 2. The number of hydrogen-bond acceptors (Lipinski definition) is 4. The Morgan fingerprint density at radius 1 is 1.00 bits per heavy atom. The molecule has 2 heterocycles. The maximum atomic E-state index is 15.4. The molecule has 2 aromatic carbocycles. The number of anilines is 1. The lowest BCUT2D eigenvalue weighted by molar-refractivity contribution is 0.181. The standard InChI is InChI=1S/C32H40FN3O2Si/c1-31(2,3)21-14-20-18-34-36(19-26(20)27(33)15-21)29-11-9-10-23-24-12-13-30(37)35-28(24)17-22(16-25(23)29)38-39(7,8)32(4,5)6/h9-15,18-19,22,34H,16-17H2,1-8H3,(H,35,37). The maximum Gasteiger partial charge on any atom is 0.248 e. The first-order chi connectivity index (χ1) is 18.1. The molecule has 2 N–H and O–H groups in total. The fourth-order valence-electron chi connectivity index (χ4n) is 5.17. The van der Waals surface area contributed by atoms with Crippen LogP contribution < -0.4 is 26.4 Å². The highest BCUT2D eigenvalue weighted by Crippen LogP contribution is 2.41. The highest BCUT2D eigenvalue weighted by Gasteiger charge is 2.40. The predicted octanol–water partition coefficient (Wildman–Crippen LogP) is 5.47. The Morgan fingerprint density at radius 3 is 2.44 bits per heavy atom. The van der Waals surface area contributed by atoms with Gasteiger partial charge in [0.1, 0.15) is 5.82 Å². The molecular formula is C32H40FN3O2Si. The molecule has 1 unspecified atom stereocenters. The van der Waals surface area contributed by atoms with Gasteiger partial charge in [0.05, 0.1) is 11.8 Å². The first-order valence-corrected chi connectivity index (χ1v) is 16.6. The average molecular weight is 546 g/mol. The van der Waals surface area contributed by atoms with Crippen molar-refractivity contribution in [2.75, 3.05) is 5.01 Å². The fraction of sp³-hybridized carbons (Fsp3) is 0.406. The Kier molecular flexibility index (Phi) is 6.67. The SMILES string of the molecule is CC(C)(C)c1cc(F)c2c(c1)=CNN(c1cccc3c1CC(O[Si](C)(C)C(C)(C)C)Cc1[nH]c(=O)ccc1-3)C=2. The molecule has 5 nitrogen and oxygen atoms in total. The van der Waals surface area contributed by atoms with Gasteiger partial charge in [0.25, 0.3) is 0 Å². The van der Waals surface area contributed by atoms with Crippen molar-refractivity contribution < 1.29 is 8.82 Å². The van der Waals surface area contributed by atoms with E-state index >= 15 is 4.39 Å². The number of hydrazine groups is 1. The fourth-order valence-corrected chi connectivity index (χ4v) is 6.53. The summed E-state index contributed by atoms with van der Waals surface area (Å²) < 4.78 is 22.3. The van der Waals surface area contributed by atoms with Crippen molar-refractivity contribution in [1.82, 2.24) is 10.4 Å². The van der Waals surface area contributed by atoms with Crippen LogP contribution in [0.1, 0.15) is 58.4 Å². The van der Waals surface area contributed by atoms with Gasteiger partial charge in [-0.25, -0.2) is 4.39 Å². The van der Waals surface area contributed by atoms with Gasteiger partial charge < -0.3 is 14.8 Å². The Bertz CT molecular complexity index is 1610. The molecule has 7 heteroatoms. The second-order valence-electron chi connectivity index (χ2n) is 13.4. The van der Waals surface area contributed by atoms with Crippen LogP contribution in [0.5, 0.6) is 0 Å². The topological polar surface area (TPSA) is 57.4 Å². The van der Waals surface area contributed by atoms with E-state index in [1.54, 1.807) is 12.1 Å². The Labute approximate surface area is 231 Å². The minimum Gasteiger partial charge on any atom is -0.413 e. The smallest absolute Gasteiger partial charge is 0.248 e. The highest BCUT2D eigenvalue weighted by atomic mass is 28.4. The molecule has 0 saturated heterocycles. The van der Waals surface area contributed by atoms with Crippen LogP contribution in [-0.2, 0) is 22.7 Å². The monoisotopic (exact) mass is 545 g/mol. The molecular weight excluding hydrogens is 505 g/mol. The molecule has 5 rings (SSSR count). The summed E-state index contributed by atoms with van der Waals surface area (Å²) in [5.74, 6) is -0.232. The lowest BCUT2D eigenvalue weighted by atomic mass is 9.86. The van der Waals surface area contributed by atoms with Gasteiger partial charge in [-0.2, -0.15) is 0 Å². The van der Waals surface area contributed by atoms with Gasteiger partial charge in [-0.05, 0) is 64.5 Å². The highest BCUT2D eigenvalue weighted by molar-refractivity contribution is 6.74. The van der Waals surface area contributed by atoms with Crippen molar-refractivity contribution in [1.29, 1.82) is 0 Å². The predicted molar refractivity (Wildman–Crippen MR) is 161 cm³/mol. The molecule has 0 saturated carbocycles. The van der Waals surface area contributed by atoms with E-state index in [4.69, 9.17) is 4.43 Å². The zero-order valence-corrected chi connectivity index (χ0v) is 25.3. The van der Waals surface area contributed by atoms with E-state index in [0.29, 0.717) is 18.1 Å². The van der Waals surface area contributed by atoms with Crippen LogP contribution in [0.2, 0.25) is 18.1 Å². The molecule has 1 atom stereocenters. The van der Waals surface area contributed by atoms with Gasteiger partial charge in [-0.3, -0.25) is 9.80 Å². The number of aromatic nitrogens is 1. The number of rotatable bonds is 3. The van der Waals surface area contributed by atoms with Crippen molar-refractivity contribution >= 4 is 26.4 Å². The third kappa shape index (κ3) is 5.22. The second kappa shape index (κ2) is 9.49. The molecule has 206 valence electrons. The molecule has 0 amide bonds. The molecule has 0 spiro atoms. The van der Waals surface area contributed by atoms with E-state index < -0.39 is 8.32 Å². The quantitative estimate of drug-likeness (QED) is 0.429. The number of pyridine rings is 1. The zero-order chi connectivity index (χ0) is 28.3. The molecule has 3 aromatic rings. The largest absolute Gasteiger partial charge is 0.413 e. The summed E-state index contributed by atoms with van der Waals surface area (Å²) in [5.41, 5.74) is 9.11. The Hall–Kier alpha value is -3.16. The summed E-state index contributed by atoms with van der Waals surface area (Å²) in [5, 5.41) is 3.35. The van der Waals surface area contributed by atoms with Crippen molar-refractivity contribution in [2.45, 2.75) is 84.0 Å². The lowest BCUT2D eigenvalue weighted by Crippen LogP contribution is -2.45. The maximum absolute atomic E-state index is 15.4. The van der Waals surface area contributed by atoms with Crippen LogP contribution in [0, 0.1) is 5.82 Å². The summed E-state index contributed by atoms with van der Waals surface area (Å²) in [6, 6.07) is 13.4. The van der Waals surface area contributed by atoms with E-state index in [2.05, 4.69) is 83.2 Å². The summed E-state index contributed by atoms with van der Waals surface area (Å²) in [7, 11) is -2.09. The Morgan fingerprint density at radius 2 is 1.74 bits per heavy atom. The Balaban J connectivity index is 1.63. The number of halogens is 1. The van der Waals surface area contributed by atoms with Gasteiger partial charge in [0.2, 0.25) is 5.56 Å². The van der Waals surface area contributed by atoms with E-state index in [1.165, 1.54) is 0 Å². The van der Waals surface area contributed by atoms with Gasteiger partial charge in [0, 0.05) is 53.0 Å². The van der Waals surface area contributed by atoms with Gasteiger partial charge in [-0.15, -0.1) is 0 Å². The van der Waals surface area contributed by atoms with Crippen molar-refractivity contribution in [3.05, 3.63) is 85.9 Å². The summed E-state index contributed by atoms with van der Waals surface area (Å²) in [4.78, 5) is 15.4. The van der Waals surface area contributed by atoms with Crippen LogP contribution in [0.25, 0.3) is 23.5 Å². The minimum absolute atomic E-state index is 0.0545. The number of hydrogen-bond donors (Lipinski definition) is 2. The molecule has 0 radical (unpaired) electrons. The molecule has 0 bridgehead atoms. The normalized spacial score (nSPS) is 17.2. The molecule has 2 aliphatic rings. The third-order valence-corrected chi connectivity index (χ3v) is 13.0. The number of benzene rings is 2. The van der Waals surface area contributed by atoms with Gasteiger partial charge in [-0.1, -0.05) is 53.7 Å². The van der Waals surface area contributed by atoms with E-state index in [-0.39, 0.29) is 27.9 Å². The molecule has 0 fully saturated rings. The number of aromatic amines is 1. The third-order valence-electron chi connectivity index (χ3n) is 8.48. The van der Waals surface area contributed by atoms with Crippen LogP contribution in [0.4, 0.5) is 10.1 Å². The number of H-pyrrole nitrogens is 1. The molecule has 1 aliphatic carbocycles. The molecule has 1 aliphatic heterocycles. The van der Waals surface area contributed by atoms with Crippen molar-refractivity contribution in [2.24, 2.45) is 0 Å². The lowest BCUT2D eigenvalue weighted by Gasteiger charge is -2.39. The van der Waals surface area contributed by atoms with Gasteiger partial charge >= 0.3 is 0 Å². The van der Waals surface area contributed by atoms with E-state index in [1.807, 2.05) is 29.5 Å². The summed E-state index contributed by atoms with van der Waals surface area (Å²) >= 11 is 0. The van der Waals surface area contributed by atoms with Crippen molar-refractivity contribution in [3.8, 4) is 11.1 Å². The average Bonchev–Trinajstić information content (AvgIpc) is 2.97. The van der Waals surface area contributed by atoms with Crippen LogP contribution in [0.3, 0.4) is 0 Å². The second-order valence-corrected chi connectivity index (χ2v) is 18.2. The van der Waals surface area contributed by atoms with E-state index in [0.717, 1.165) is 38.9 Å². The van der Waals surface area contributed by atoms with Gasteiger partial charge in [0.15, 0.2) is 8.32 Å². The zero-order valence-electron chi connectivity index (χ0n) is 24.3. The van der Waals surface area contributed by atoms with Crippen LogP contribution in [0.15, 0.2) is 47.3 Å². The summed E-state index contributed by atoms with van der Waals surface area (Å²) in [6.45, 7) is 17.5. The van der Waals surface area contributed by atoms with E-state index in [9.17, 15) is 4.79 Å². The first kappa shape index (κ1) is 27.4. The molecule has 39 heavy (non-hydrogen) atoms. The number of fused-ring (bicyclic) bond motifs is 4. The van der Waals surface area contributed by atoms with Crippen molar-refractivity contribution in [3.63, 3.8) is 0 Å². The first-order valence-electron chi connectivity index (χ1n) is 13.7. The molecule has 1 aromatic heterocycles.